The van der Waals surface area contributed by atoms with Gasteiger partial charge in [0.15, 0.2) is 0 Å². The summed E-state index contributed by atoms with van der Waals surface area (Å²) in [5.41, 5.74) is 1.71. The molecule has 0 aromatic carbocycles. The molecule has 0 bridgehead atoms. The molecule has 4 heteroatoms. The van der Waals surface area contributed by atoms with E-state index in [2.05, 4.69) is 19.9 Å². The molecule has 3 rings (SSSR count). The van der Waals surface area contributed by atoms with E-state index in [-0.39, 0.29) is 23.4 Å². The quantitative estimate of drug-likeness (QED) is 0.628. The predicted octanol–water partition coefficient (Wildman–Crippen LogP) is 2.58. The summed E-state index contributed by atoms with van der Waals surface area (Å²) in [5, 5.41) is 10.2. The second-order valence-corrected chi connectivity index (χ2v) is 7.02. The van der Waals surface area contributed by atoms with Crippen LogP contribution < -0.4 is 0 Å². The average Bonchev–Trinajstić information content (AvgIpc) is 2.71. The van der Waals surface area contributed by atoms with Crippen LogP contribution in [0.25, 0.3) is 0 Å². The van der Waals surface area contributed by atoms with E-state index >= 15 is 0 Å². The van der Waals surface area contributed by atoms with E-state index < -0.39 is 5.79 Å². The van der Waals surface area contributed by atoms with Gasteiger partial charge in [-0.25, -0.2) is 4.79 Å². The van der Waals surface area contributed by atoms with Crippen LogP contribution in [0.3, 0.4) is 0 Å². The first-order valence-electron chi connectivity index (χ1n) is 7.76. The van der Waals surface area contributed by atoms with Gasteiger partial charge < -0.3 is 14.6 Å². The lowest BCUT2D eigenvalue weighted by Gasteiger charge is -2.53. The number of rotatable bonds is 2. The van der Waals surface area contributed by atoms with Crippen molar-refractivity contribution in [1.29, 1.82) is 0 Å². The van der Waals surface area contributed by atoms with Gasteiger partial charge in [-0.05, 0) is 43.1 Å². The molecule has 0 aromatic rings. The normalized spacial score (nSPS) is 40.8. The predicted molar refractivity (Wildman–Crippen MR) is 78.3 cm³/mol. The lowest BCUT2D eigenvalue weighted by atomic mass is 9.55. The third kappa shape index (κ3) is 2.08. The van der Waals surface area contributed by atoms with Crippen LogP contribution in [0.5, 0.6) is 0 Å². The van der Waals surface area contributed by atoms with Crippen molar-refractivity contribution < 1.29 is 19.4 Å². The summed E-state index contributed by atoms with van der Waals surface area (Å²) in [5.74, 6) is -0.662. The van der Waals surface area contributed by atoms with Crippen molar-refractivity contribution in [1.82, 2.24) is 0 Å². The molecule has 3 aliphatic rings. The standard InChI is InChI=1S/C17H24O4/c1-5-20-17-9-11-6-10(2)13(18)7-12(11)16(3,4)14(17)8-15(19)21-17/h6,8,11-13,18H,5,7,9H2,1-4H3/t11-,12-,13+,17+/m1/s1. The number of fused-ring (bicyclic) bond motifs is 2. The number of carbonyl (C=O) groups excluding carboxylic acids is 1. The minimum Gasteiger partial charge on any atom is -0.426 e. The maximum atomic E-state index is 11.9. The van der Waals surface area contributed by atoms with E-state index in [1.807, 2.05) is 13.8 Å². The Morgan fingerprint density at radius 1 is 1.48 bits per heavy atom. The number of hydrogen-bond donors (Lipinski definition) is 1. The summed E-state index contributed by atoms with van der Waals surface area (Å²) < 4.78 is 11.5. The number of esters is 1. The Balaban J connectivity index is 2.07. The zero-order valence-corrected chi connectivity index (χ0v) is 13.2. The highest BCUT2D eigenvalue weighted by Gasteiger charge is 2.59. The fourth-order valence-corrected chi connectivity index (χ4v) is 4.41. The summed E-state index contributed by atoms with van der Waals surface area (Å²) in [6, 6.07) is 0. The molecule has 0 radical (unpaired) electrons. The van der Waals surface area contributed by atoms with Crippen molar-refractivity contribution in [3.05, 3.63) is 23.3 Å². The molecular weight excluding hydrogens is 268 g/mol. The summed E-state index contributed by atoms with van der Waals surface area (Å²) >= 11 is 0. The van der Waals surface area contributed by atoms with Gasteiger partial charge in [0, 0.05) is 24.7 Å². The van der Waals surface area contributed by atoms with Gasteiger partial charge >= 0.3 is 5.97 Å². The Labute approximate surface area is 125 Å². The fraction of sp³-hybridized carbons (Fsp3) is 0.706. The van der Waals surface area contributed by atoms with Crippen molar-refractivity contribution in [3.8, 4) is 0 Å². The molecular formula is C17H24O4. The van der Waals surface area contributed by atoms with Gasteiger partial charge in [0.05, 0.1) is 6.10 Å². The van der Waals surface area contributed by atoms with E-state index in [1.54, 1.807) is 6.08 Å². The summed E-state index contributed by atoms with van der Waals surface area (Å²) in [6.07, 6.45) is 4.74. The molecule has 0 spiro atoms. The van der Waals surface area contributed by atoms with Gasteiger partial charge in [-0.3, -0.25) is 0 Å². The van der Waals surface area contributed by atoms with Crippen molar-refractivity contribution in [3.63, 3.8) is 0 Å². The lowest BCUT2D eigenvalue weighted by Crippen LogP contribution is -2.53. The van der Waals surface area contributed by atoms with Gasteiger partial charge in [-0.15, -0.1) is 0 Å². The van der Waals surface area contributed by atoms with Crippen LogP contribution in [0.15, 0.2) is 23.3 Å². The molecule has 0 amide bonds. The highest BCUT2D eigenvalue weighted by atomic mass is 16.7. The molecule has 2 aliphatic carbocycles. The number of allylic oxidation sites excluding steroid dienone is 1. The van der Waals surface area contributed by atoms with Gasteiger partial charge in [-0.1, -0.05) is 19.9 Å². The number of aliphatic hydroxyl groups excluding tert-OH is 1. The van der Waals surface area contributed by atoms with Crippen molar-refractivity contribution >= 4 is 5.97 Å². The van der Waals surface area contributed by atoms with Crippen molar-refractivity contribution in [2.45, 2.75) is 52.4 Å². The van der Waals surface area contributed by atoms with E-state index in [1.165, 1.54) is 0 Å². The first-order chi connectivity index (χ1) is 9.80. The Morgan fingerprint density at radius 2 is 2.19 bits per heavy atom. The maximum Gasteiger partial charge on any atom is 0.333 e. The van der Waals surface area contributed by atoms with Crippen LogP contribution in [-0.2, 0) is 14.3 Å². The molecule has 1 fully saturated rings. The third-order valence-electron chi connectivity index (χ3n) is 5.44. The van der Waals surface area contributed by atoms with Crippen LogP contribution >= 0.6 is 0 Å². The zero-order valence-electron chi connectivity index (χ0n) is 13.2. The molecule has 4 atom stereocenters. The van der Waals surface area contributed by atoms with Crippen LogP contribution in [-0.4, -0.2) is 29.6 Å². The van der Waals surface area contributed by atoms with E-state index in [0.717, 1.165) is 17.6 Å². The minimum absolute atomic E-state index is 0.234. The van der Waals surface area contributed by atoms with Gasteiger partial charge in [0.25, 0.3) is 0 Å². The van der Waals surface area contributed by atoms with Crippen molar-refractivity contribution in [2.75, 3.05) is 6.61 Å². The first-order valence-corrected chi connectivity index (χ1v) is 7.76. The third-order valence-corrected chi connectivity index (χ3v) is 5.44. The topological polar surface area (TPSA) is 55.8 Å². The van der Waals surface area contributed by atoms with Crippen molar-refractivity contribution in [2.24, 2.45) is 17.3 Å². The molecule has 21 heavy (non-hydrogen) atoms. The second kappa shape index (κ2) is 4.68. The number of carbonyl (C=O) groups is 1. The highest BCUT2D eigenvalue weighted by Crippen LogP contribution is 2.58. The van der Waals surface area contributed by atoms with E-state index in [4.69, 9.17) is 9.47 Å². The lowest BCUT2D eigenvalue weighted by molar-refractivity contribution is -0.224. The molecule has 116 valence electrons. The molecule has 0 saturated heterocycles. The van der Waals surface area contributed by atoms with Crippen LogP contribution in [0.4, 0.5) is 0 Å². The summed E-state index contributed by atoms with van der Waals surface area (Å²) in [7, 11) is 0. The zero-order chi connectivity index (χ0) is 15.4. The first kappa shape index (κ1) is 14.8. The Morgan fingerprint density at radius 3 is 2.86 bits per heavy atom. The minimum atomic E-state index is -0.907. The SMILES string of the molecule is CCO[C@]12C[C@H]3C=C(C)[C@@H](O)C[C@H]3C(C)(C)C1=CC(=O)O2. The van der Waals surface area contributed by atoms with Gasteiger partial charge in [-0.2, -0.15) is 0 Å². The number of aliphatic hydroxyl groups is 1. The Hall–Kier alpha value is -1.13. The molecule has 1 heterocycles. The Bertz CT molecular complexity index is 531. The molecule has 1 aliphatic heterocycles. The largest absolute Gasteiger partial charge is 0.426 e. The molecule has 4 nitrogen and oxygen atoms in total. The van der Waals surface area contributed by atoms with Crippen LogP contribution in [0.2, 0.25) is 0 Å². The number of hydrogen-bond acceptors (Lipinski definition) is 4. The highest BCUT2D eigenvalue weighted by molar-refractivity contribution is 5.87. The van der Waals surface area contributed by atoms with Gasteiger partial charge in [0.2, 0.25) is 5.79 Å². The molecule has 1 saturated carbocycles. The molecule has 1 N–H and O–H groups in total. The van der Waals surface area contributed by atoms with E-state index in [0.29, 0.717) is 18.9 Å². The fourth-order valence-electron chi connectivity index (χ4n) is 4.41. The van der Waals surface area contributed by atoms with Crippen LogP contribution in [0.1, 0.15) is 40.5 Å². The van der Waals surface area contributed by atoms with Gasteiger partial charge in [0.1, 0.15) is 0 Å². The smallest absolute Gasteiger partial charge is 0.333 e. The summed E-state index contributed by atoms with van der Waals surface area (Å²) in [4.78, 5) is 11.9. The molecule has 0 unspecified atom stereocenters. The average molecular weight is 292 g/mol. The summed E-state index contributed by atoms with van der Waals surface area (Å²) in [6.45, 7) is 8.65. The maximum absolute atomic E-state index is 11.9. The Kier molecular flexibility index (Phi) is 3.30. The van der Waals surface area contributed by atoms with Crippen LogP contribution in [0, 0.1) is 17.3 Å². The monoisotopic (exact) mass is 292 g/mol. The molecule has 0 aromatic heterocycles. The second-order valence-electron chi connectivity index (χ2n) is 7.02. The number of ether oxygens (including phenoxy) is 2. The van der Waals surface area contributed by atoms with E-state index in [9.17, 15) is 9.90 Å².